The van der Waals surface area contributed by atoms with E-state index in [9.17, 15) is 14.7 Å². The average Bonchev–Trinajstić information content (AvgIpc) is 2.70. The predicted molar refractivity (Wildman–Crippen MR) is 104 cm³/mol. The zero-order valence-electron chi connectivity index (χ0n) is 16.4. The first-order valence-corrected chi connectivity index (χ1v) is 9.31. The van der Waals surface area contributed by atoms with Crippen LogP contribution in [0.4, 0.5) is 5.69 Å². The highest BCUT2D eigenvalue weighted by Crippen LogP contribution is 2.29. The van der Waals surface area contributed by atoms with Crippen molar-refractivity contribution in [2.45, 2.75) is 18.9 Å². The minimum Gasteiger partial charge on any atom is -0.497 e. The fourth-order valence-corrected chi connectivity index (χ4v) is 2.95. The lowest BCUT2D eigenvalue weighted by molar-refractivity contribution is -0.141. The van der Waals surface area contributed by atoms with Crippen LogP contribution in [0.1, 0.15) is 12.8 Å². The van der Waals surface area contributed by atoms with Gasteiger partial charge in [-0.25, -0.2) is 0 Å². The Bertz CT molecular complexity index is 649. The molecule has 1 heterocycles. The molecular formula is C19H29N3O6. The zero-order valence-corrected chi connectivity index (χ0v) is 16.4. The van der Waals surface area contributed by atoms with E-state index in [-0.39, 0.29) is 6.42 Å². The van der Waals surface area contributed by atoms with Gasteiger partial charge in [0.2, 0.25) is 5.91 Å². The van der Waals surface area contributed by atoms with E-state index in [0.717, 1.165) is 39.3 Å². The molecule has 1 aromatic carbocycles. The molecule has 1 aromatic rings. The number of hydrogen-bond donors (Lipinski definition) is 3. The van der Waals surface area contributed by atoms with E-state index in [1.807, 2.05) is 0 Å². The van der Waals surface area contributed by atoms with Crippen LogP contribution in [0.3, 0.4) is 0 Å². The van der Waals surface area contributed by atoms with Crippen LogP contribution in [0.25, 0.3) is 0 Å². The van der Waals surface area contributed by atoms with Crippen molar-refractivity contribution < 1.29 is 28.9 Å². The smallest absolute Gasteiger partial charge is 0.321 e. The van der Waals surface area contributed by atoms with Crippen LogP contribution in [-0.4, -0.2) is 81.5 Å². The Labute approximate surface area is 164 Å². The van der Waals surface area contributed by atoms with Crippen molar-refractivity contribution in [1.82, 2.24) is 10.2 Å². The minimum atomic E-state index is -1.06. The number of methoxy groups -OCH3 is 2. The molecule has 1 aliphatic heterocycles. The second-order valence-corrected chi connectivity index (χ2v) is 6.47. The molecule has 0 unspecified atom stereocenters. The number of anilines is 1. The first-order chi connectivity index (χ1) is 13.5. The van der Waals surface area contributed by atoms with E-state index in [0.29, 0.717) is 23.7 Å². The van der Waals surface area contributed by atoms with Crippen LogP contribution in [0, 0.1) is 0 Å². The first-order valence-electron chi connectivity index (χ1n) is 9.31. The van der Waals surface area contributed by atoms with Crippen molar-refractivity contribution in [3.8, 4) is 11.5 Å². The number of aliphatic carboxylic acids is 1. The molecule has 1 amide bonds. The van der Waals surface area contributed by atoms with Crippen molar-refractivity contribution in [2.24, 2.45) is 0 Å². The summed E-state index contributed by atoms with van der Waals surface area (Å²) in [5.41, 5.74) is 0.434. The lowest BCUT2D eigenvalue weighted by Gasteiger charge is -2.26. The minimum absolute atomic E-state index is 0.187. The van der Waals surface area contributed by atoms with Gasteiger partial charge in [-0.2, -0.15) is 0 Å². The molecule has 0 bridgehead atoms. The summed E-state index contributed by atoms with van der Waals surface area (Å²) in [5.74, 6) is -0.439. The summed E-state index contributed by atoms with van der Waals surface area (Å²) in [4.78, 5) is 26.1. The number of ether oxygens (including phenoxy) is 3. The van der Waals surface area contributed by atoms with Gasteiger partial charge in [-0.05, 0) is 31.6 Å². The molecule has 0 saturated carbocycles. The molecule has 156 valence electrons. The normalized spacial score (nSPS) is 15.6. The topological polar surface area (TPSA) is 109 Å². The van der Waals surface area contributed by atoms with E-state index < -0.39 is 17.9 Å². The summed E-state index contributed by atoms with van der Waals surface area (Å²) in [5, 5.41) is 15.1. The average molecular weight is 395 g/mol. The molecule has 1 atom stereocenters. The summed E-state index contributed by atoms with van der Waals surface area (Å²) in [7, 11) is 3.02. The summed E-state index contributed by atoms with van der Waals surface area (Å²) >= 11 is 0. The number of rotatable bonds is 11. The van der Waals surface area contributed by atoms with Gasteiger partial charge in [-0.3, -0.25) is 14.5 Å². The third-order valence-corrected chi connectivity index (χ3v) is 4.51. The van der Waals surface area contributed by atoms with E-state index >= 15 is 0 Å². The van der Waals surface area contributed by atoms with E-state index in [2.05, 4.69) is 15.5 Å². The summed E-state index contributed by atoms with van der Waals surface area (Å²) in [6.07, 6.45) is 0.613. The van der Waals surface area contributed by atoms with Crippen molar-refractivity contribution >= 4 is 17.6 Å². The first kappa shape index (κ1) is 21.9. The highest BCUT2D eigenvalue weighted by molar-refractivity contribution is 5.95. The van der Waals surface area contributed by atoms with Crippen LogP contribution < -0.4 is 20.1 Å². The summed E-state index contributed by atoms with van der Waals surface area (Å²) in [6.45, 7) is 4.65. The number of nitrogens with zero attached hydrogens (tertiary/aromatic N) is 1. The molecule has 0 aliphatic carbocycles. The van der Waals surface area contributed by atoms with Crippen molar-refractivity contribution in [3.63, 3.8) is 0 Å². The monoisotopic (exact) mass is 395 g/mol. The molecule has 0 radical (unpaired) electrons. The van der Waals surface area contributed by atoms with Gasteiger partial charge >= 0.3 is 5.97 Å². The quantitative estimate of drug-likeness (QED) is 0.472. The van der Waals surface area contributed by atoms with Crippen molar-refractivity contribution in [2.75, 3.05) is 58.9 Å². The van der Waals surface area contributed by atoms with Crippen LogP contribution >= 0.6 is 0 Å². The standard InChI is InChI=1S/C19H29N3O6/c1-26-14-4-5-17(27-2)15(12-14)21-18(23)13-16(19(24)25)20-6-3-7-22-8-10-28-11-9-22/h4-5,12,16,20H,3,6-11,13H2,1-2H3,(H,21,23)(H,24,25)/t16-/m0/s1. The van der Waals surface area contributed by atoms with Gasteiger partial charge in [0.25, 0.3) is 0 Å². The Balaban J connectivity index is 1.82. The number of hydrogen-bond acceptors (Lipinski definition) is 7. The van der Waals surface area contributed by atoms with Gasteiger partial charge in [-0.1, -0.05) is 0 Å². The summed E-state index contributed by atoms with van der Waals surface area (Å²) in [6, 6.07) is 4.06. The number of carboxylic acid groups (broad SMARTS) is 1. The fraction of sp³-hybridized carbons (Fsp3) is 0.579. The van der Waals surface area contributed by atoms with Gasteiger partial charge in [0.15, 0.2) is 0 Å². The van der Waals surface area contributed by atoms with Crippen LogP contribution in [-0.2, 0) is 14.3 Å². The van der Waals surface area contributed by atoms with Crippen molar-refractivity contribution in [1.29, 1.82) is 0 Å². The molecular weight excluding hydrogens is 366 g/mol. The second-order valence-electron chi connectivity index (χ2n) is 6.47. The van der Waals surface area contributed by atoms with Gasteiger partial charge in [0.1, 0.15) is 17.5 Å². The number of carboxylic acids is 1. The Hall–Kier alpha value is -2.36. The SMILES string of the molecule is COc1ccc(OC)c(NC(=O)C[C@H](NCCCN2CCOCC2)C(=O)O)c1. The van der Waals surface area contributed by atoms with E-state index in [1.165, 1.54) is 14.2 Å². The maximum Gasteiger partial charge on any atom is 0.321 e. The predicted octanol–water partition coefficient (Wildman–Crippen LogP) is 0.798. The van der Waals surface area contributed by atoms with Gasteiger partial charge in [0, 0.05) is 19.2 Å². The van der Waals surface area contributed by atoms with Gasteiger partial charge < -0.3 is 30.0 Å². The molecule has 3 N–H and O–H groups in total. The number of amides is 1. The third kappa shape index (κ3) is 6.99. The number of carbonyl (C=O) groups is 2. The highest BCUT2D eigenvalue weighted by atomic mass is 16.5. The Morgan fingerprint density at radius 2 is 2.00 bits per heavy atom. The zero-order chi connectivity index (χ0) is 20.4. The van der Waals surface area contributed by atoms with Crippen LogP contribution in [0.2, 0.25) is 0 Å². The Morgan fingerprint density at radius 1 is 1.25 bits per heavy atom. The third-order valence-electron chi connectivity index (χ3n) is 4.51. The Morgan fingerprint density at radius 3 is 2.64 bits per heavy atom. The Kier molecular flexibility index (Phi) is 8.99. The fourth-order valence-electron chi connectivity index (χ4n) is 2.95. The van der Waals surface area contributed by atoms with Gasteiger partial charge in [0.05, 0.1) is 39.5 Å². The largest absolute Gasteiger partial charge is 0.497 e. The molecule has 2 rings (SSSR count). The molecule has 1 aliphatic rings. The molecule has 9 nitrogen and oxygen atoms in total. The van der Waals surface area contributed by atoms with E-state index in [4.69, 9.17) is 14.2 Å². The lowest BCUT2D eigenvalue weighted by atomic mass is 10.2. The number of benzene rings is 1. The lowest BCUT2D eigenvalue weighted by Crippen LogP contribution is -2.42. The number of nitrogens with one attached hydrogen (secondary N) is 2. The molecule has 0 aromatic heterocycles. The summed E-state index contributed by atoms with van der Waals surface area (Å²) < 4.78 is 15.7. The van der Waals surface area contributed by atoms with E-state index in [1.54, 1.807) is 18.2 Å². The van der Waals surface area contributed by atoms with Crippen LogP contribution in [0.5, 0.6) is 11.5 Å². The van der Waals surface area contributed by atoms with Crippen LogP contribution in [0.15, 0.2) is 18.2 Å². The maximum atomic E-state index is 12.3. The van der Waals surface area contributed by atoms with Gasteiger partial charge in [-0.15, -0.1) is 0 Å². The highest BCUT2D eigenvalue weighted by Gasteiger charge is 2.21. The second kappa shape index (κ2) is 11.5. The number of morpholine rings is 1. The molecule has 1 fully saturated rings. The number of carbonyl (C=O) groups excluding carboxylic acids is 1. The maximum absolute atomic E-state index is 12.3. The molecule has 1 saturated heterocycles. The molecule has 28 heavy (non-hydrogen) atoms. The molecule has 9 heteroatoms. The molecule has 0 spiro atoms. The van der Waals surface area contributed by atoms with Crippen molar-refractivity contribution in [3.05, 3.63) is 18.2 Å².